The zero-order valence-corrected chi connectivity index (χ0v) is 12.5. The van der Waals surface area contributed by atoms with Crippen LogP contribution in [-0.2, 0) is 10.0 Å². The van der Waals surface area contributed by atoms with E-state index in [-0.39, 0.29) is 20.5 Å². The summed E-state index contributed by atoms with van der Waals surface area (Å²) in [5.74, 6) is -1.97. The van der Waals surface area contributed by atoms with Gasteiger partial charge in [-0.3, -0.25) is 4.72 Å². The summed E-state index contributed by atoms with van der Waals surface area (Å²) in [5, 5.41) is 15.8. The van der Waals surface area contributed by atoms with Crippen molar-refractivity contribution in [2.24, 2.45) is 0 Å². The van der Waals surface area contributed by atoms with Crippen LogP contribution in [0.4, 0.5) is 5.82 Å². The zero-order valence-electron chi connectivity index (χ0n) is 9.37. The summed E-state index contributed by atoms with van der Waals surface area (Å²) in [5.41, 5.74) is 0. The second-order valence-corrected chi connectivity index (χ2v) is 6.16. The van der Waals surface area contributed by atoms with E-state index in [1.165, 1.54) is 12.1 Å². The fraction of sp³-hybridized carbons (Fsp3) is 0. The van der Waals surface area contributed by atoms with Gasteiger partial charge < -0.3 is 9.52 Å². The monoisotopic (exact) mass is 381 g/mol. The van der Waals surface area contributed by atoms with E-state index < -0.39 is 21.8 Å². The summed E-state index contributed by atoms with van der Waals surface area (Å²) in [4.78, 5) is 10.4. The van der Waals surface area contributed by atoms with Gasteiger partial charge in [0.05, 0.1) is 0 Å². The Morgan fingerprint density at radius 3 is 2.60 bits per heavy atom. The second-order valence-electron chi connectivity index (χ2n) is 3.40. The molecule has 2 rings (SSSR count). The molecule has 0 fully saturated rings. The SMILES string of the molecule is O=C(O)c1cc(S(=O)(=O)Nc2ccc(Cl)nn2)c(Br)o1. The van der Waals surface area contributed by atoms with E-state index in [0.717, 1.165) is 6.07 Å². The molecule has 0 aliphatic heterocycles. The topological polar surface area (TPSA) is 122 Å². The highest BCUT2D eigenvalue weighted by Crippen LogP contribution is 2.27. The first kappa shape index (κ1) is 14.8. The molecule has 8 nitrogen and oxygen atoms in total. The molecule has 0 atom stereocenters. The van der Waals surface area contributed by atoms with E-state index >= 15 is 0 Å². The van der Waals surface area contributed by atoms with Crippen molar-refractivity contribution in [2.75, 3.05) is 4.72 Å². The minimum Gasteiger partial charge on any atom is -0.475 e. The van der Waals surface area contributed by atoms with Gasteiger partial charge in [0.25, 0.3) is 10.0 Å². The maximum Gasteiger partial charge on any atom is 0.371 e. The normalized spacial score (nSPS) is 11.3. The molecule has 0 aliphatic carbocycles. The number of carbonyl (C=O) groups is 1. The number of aromatic carboxylic acids is 1. The number of nitrogens with one attached hydrogen (secondary N) is 1. The van der Waals surface area contributed by atoms with E-state index in [9.17, 15) is 13.2 Å². The lowest BCUT2D eigenvalue weighted by molar-refractivity contribution is 0.0661. The predicted octanol–water partition coefficient (Wildman–Crippen LogP) is 1.98. The number of sulfonamides is 1. The Labute approximate surface area is 125 Å². The van der Waals surface area contributed by atoms with Crippen molar-refractivity contribution >= 4 is 49.3 Å². The number of halogens is 2. The molecule has 0 radical (unpaired) electrons. The highest BCUT2D eigenvalue weighted by atomic mass is 79.9. The number of carboxylic acid groups (broad SMARTS) is 1. The summed E-state index contributed by atoms with van der Waals surface area (Å²) in [6.45, 7) is 0. The van der Waals surface area contributed by atoms with Crippen molar-refractivity contribution in [3.63, 3.8) is 0 Å². The molecule has 11 heteroatoms. The lowest BCUT2D eigenvalue weighted by atomic mass is 10.5. The maximum absolute atomic E-state index is 12.0. The fourth-order valence-corrected chi connectivity index (χ4v) is 3.24. The average Bonchev–Trinajstić information content (AvgIpc) is 2.75. The molecule has 0 aromatic carbocycles. The van der Waals surface area contributed by atoms with Gasteiger partial charge in [-0.2, -0.15) is 0 Å². The quantitative estimate of drug-likeness (QED) is 0.829. The molecule has 0 saturated carbocycles. The number of hydrogen-bond donors (Lipinski definition) is 2. The minimum absolute atomic E-state index is 0.0700. The molecular weight excluding hydrogens is 378 g/mol. The van der Waals surface area contributed by atoms with Crippen LogP contribution in [0.5, 0.6) is 0 Å². The highest BCUT2D eigenvalue weighted by Gasteiger charge is 2.25. The van der Waals surface area contributed by atoms with Gasteiger partial charge in [-0.15, -0.1) is 10.2 Å². The van der Waals surface area contributed by atoms with Crippen LogP contribution in [0.15, 0.2) is 32.2 Å². The van der Waals surface area contributed by atoms with Crippen LogP contribution >= 0.6 is 27.5 Å². The van der Waals surface area contributed by atoms with E-state index in [2.05, 4.69) is 30.8 Å². The molecule has 2 N–H and O–H groups in total. The lowest BCUT2D eigenvalue weighted by Gasteiger charge is -2.04. The van der Waals surface area contributed by atoms with Gasteiger partial charge >= 0.3 is 5.97 Å². The summed E-state index contributed by atoms with van der Waals surface area (Å²) >= 11 is 8.36. The van der Waals surface area contributed by atoms with Gasteiger partial charge in [-0.25, -0.2) is 13.2 Å². The lowest BCUT2D eigenvalue weighted by Crippen LogP contribution is -2.14. The number of hydrogen-bond acceptors (Lipinski definition) is 6. The van der Waals surface area contributed by atoms with E-state index in [4.69, 9.17) is 21.1 Å². The molecule has 20 heavy (non-hydrogen) atoms. The Kier molecular flexibility index (Phi) is 3.97. The molecule has 106 valence electrons. The minimum atomic E-state index is -4.07. The molecule has 0 spiro atoms. The van der Waals surface area contributed by atoms with Gasteiger partial charge in [0.2, 0.25) is 5.76 Å². The molecular formula is C9H5BrClN3O5S. The molecule has 2 aromatic rings. The molecule has 2 aromatic heterocycles. The van der Waals surface area contributed by atoms with E-state index in [1.807, 2.05) is 0 Å². The van der Waals surface area contributed by atoms with Gasteiger partial charge in [0, 0.05) is 6.07 Å². The number of aromatic nitrogens is 2. The van der Waals surface area contributed by atoms with Crippen LogP contribution in [-0.4, -0.2) is 29.7 Å². The van der Waals surface area contributed by atoms with Crippen LogP contribution in [0.2, 0.25) is 5.15 Å². The summed E-state index contributed by atoms with van der Waals surface area (Å²) in [6.07, 6.45) is 0. The third-order valence-corrected chi connectivity index (χ3v) is 4.44. The second kappa shape index (κ2) is 5.38. The molecule has 0 saturated heterocycles. The number of nitrogens with zero attached hydrogens (tertiary/aromatic N) is 2. The maximum atomic E-state index is 12.0. The fourth-order valence-electron chi connectivity index (χ4n) is 1.20. The smallest absolute Gasteiger partial charge is 0.371 e. The first-order valence-electron chi connectivity index (χ1n) is 4.84. The molecule has 0 bridgehead atoms. The zero-order chi connectivity index (χ0) is 14.9. The summed E-state index contributed by atoms with van der Waals surface area (Å²) in [6, 6.07) is 3.52. The number of carboxylic acids is 1. The highest BCUT2D eigenvalue weighted by molar-refractivity contribution is 9.10. The van der Waals surface area contributed by atoms with Crippen molar-refractivity contribution in [1.29, 1.82) is 0 Å². The van der Waals surface area contributed by atoms with Gasteiger partial charge in [-0.05, 0) is 28.1 Å². The van der Waals surface area contributed by atoms with Crippen molar-refractivity contribution in [1.82, 2.24) is 10.2 Å². The van der Waals surface area contributed by atoms with Crippen LogP contribution in [0.3, 0.4) is 0 Å². The van der Waals surface area contributed by atoms with Gasteiger partial charge in [0.15, 0.2) is 15.6 Å². The first-order valence-corrected chi connectivity index (χ1v) is 7.49. The largest absolute Gasteiger partial charge is 0.475 e. The Hall–Kier alpha value is -1.65. The van der Waals surface area contributed by atoms with Gasteiger partial charge in [-0.1, -0.05) is 11.6 Å². The molecule has 0 aliphatic rings. The Bertz CT molecular complexity index is 758. The third-order valence-electron chi connectivity index (χ3n) is 2.03. The summed E-state index contributed by atoms with van der Waals surface area (Å²) < 4.78 is 30.7. The predicted molar refractivity (Wildman–Crippen MR) is 71.2 cm³/mol. The van der Waals surface area contributed by atoms with Crippen molar-refractivity contribution < 1.29 is 22.7 Å². The van der Waals surface area contributed by atoms with Crippen LogP contribution in [0, 0.1) is 0 Å². The average molecular weight is 383 g/mol. The molecule has 0 amide bonds. The Balaban J connectivity index is 2.35. The van der Waals surface area contributed by atoms with Crippen LogP contribution in [0.25, 0.3) is 0 Å². The van der Waals surface area contributed by atoms with Crippen molar-refractivity contribution in [3.05, 3.63) is 33.8 Å². The number of furan rings is 1. The van der Waals surface area contributed by atoms with Crippen LogP contribution < -0.4 is 4.72 Å². The van der Waals surface area contributed by atoms with E-state index in [1.54, 1.807) is 0 Å². The Morgan fingerprint density at radius 1 is 1.40 bits per heavy atom. The molecule has 2 heterocycles. The third kappa shape index (κ3) is 3.08. The standard InChI is InChI=1S/C9H5BrClN3O5S/c10-8-5(3-4(19-8)9(15)16)20(17,18)14-7-2-1-6(11)12-13-7/h1-3H,(H,13,14)(H,15,16). The van der Waals surface area contributed by atoms with Crippen molar-refractivity contribution in [3.8, 4) is 0 Å². The molecule has 0 unspecified atom stereocenters. The Morgan fingerprint density at radius 2 is 2.10 bits per heavy atom. The number of rotatable bonds is 4. The van der Waals surface area contributed by atoms with Gasteiger partial charge in [0.1, 0.15) is 4.90 Å². The van der Waals surface area contributed by atoms with E-state index in [0.29, 0.717) is 0 Å². The first-order chi connectivity index (χ1) is 9.29. The summed E-state index contributed by atoms with van der Waals surface area (Å²) in [7, 11) is -4.07. The van der Waals surface area contributed by atoms with Crippen LogP contribution in [0.1, 0.15) is 10.6 Å². The number of anilines is 1. The van der Waals surface area contributed by atoms with Crippen molar-refractivity contribution in [2.45, 2.75) is 4.90 Å².